The van der Waals surface area contributed by atoms with Gasteiger partial charge in [0.1, 0.15) is 5.58 Å². The standard InChI is InChI=1S/C16H21NO/c1-12-5-4-6-13(12)9-17-10-14-11-18-16-8-3-2-7-15(14)16/h2-3,7-8,11-13,17H,4-6,9-10H2,1H3. The van der Waals surface area contributed by atoms with Gasteiger partial charge in [-0.25, -0.2) is 0 Å². The van der Waals surface area contributed by atoms with Crippen molar-refractivity contribution in [1.29, 1.82) is 0 Å². The molecule has 0 amide bonds. The molecule has 2 aromatic rings. The molecule has 1 aliphatic rings. The van der Waals surface area contributed by atoms with Crippen LogP contribution in [0, 0.1) is 11.8 Å². The van der Waals surface area contributed by atoms with Crippen molar-refractivity contribution in [2.24, 2.45) is 11.8 Å². The zero-order valence-electron chi connectivity index (χ0n) is 11.0. The second kappa shape index (κ2) is 5.15. The summed E-state index contributed by atoms with van der Waals surface area (Å²) in [5.41, 5.74) is 2.26. The maximum Gasteiger partial charge on any atom is 0.134 e. The van der Waals surface area contributed by atoms with Gasteiger partial charge in [0.2, 0.25) is 0 Å². The number of hydrogen-bond donors (Lipinski definition) is 1. The van der Waals surface area contributed by atoms with E-state index in [0.717, 1.165) is 30.5 Å². The maximum absolute atomic E-state index is 5.55. The summed E-state index contributed by atoms with van der Waals surface area (Å²) in [5.74, 6) is 1.75. The smallest absolute Gasteiger partial charge is 0.134 e. The molecule has 1 aliphatic carbocycles. The fourth-order valence-corrected chi connectivity index (χ4v) is 3.09. The zero-order chi connectivity index (χ0) is 12.4. The third kappa shape index (κ3) is 2.30. The molecule has 0 spiro atoms. The molecule has 1 fully saturated rings. The van der Waals surface area contributed by atoms with E-state index in [1.54, 1.807) is 0 Å². The van der Waals surface area contributed by atoms with Crippen LogP contribution in [0.25, 0.3) is 11.0 Å². The van der Waals surface area contributed by atoms with Crippen molar-refractivity contribution in [2.45, 2.75) is 32.7 Å². The number of fused-ring (bicyclic) bond motifs is 1. The number of para-hydroxylation sites is 1. The quantitative estimate of drug-likeness (QED) is 0.879. The van der Waals surface area contributed by atoms with Crippen LogP contribution in [-0.2, 0) is 6.54 Å². The second-order valence-corrected chi connectivity index (χ2v) is 5.56. The Kier molecular flexibility index (Phi) is 3.37. The normalized spacial score (nSPS) is 23.8. The van der Waals surface area contributed by atoms with E-state index in [1.165, 1.54) is 30.2 Å². The zero-order valence-corrected chi connectivity index (χ0v) is 11.0. The highest BCUT2D eigenvalue weighted by atomic mass is 16.3. The molecule has 0 aliphatic heterocycles. The van der Waals surface area contributed by atoms with Crippen molar-refractivity contribution < 1.29 is 4.42 Å². The Morgan fingerprint density at radius 3 is 3.00 bits per heavy atom. The van der Waals surface area contributed by atoms with Crippen LogP contribution in [-0.4, -0.2) is 6.54 Å². The Morgan fingerprint density at radius 2 is 2.17 bits per heavy atom. The first-order valence-corrected chi connectivity index (χ1v) is 7.00. The molecule has 2 unspecified atom stereocenters. The van der Waals surface area contributed by atoms with Gasteiger partial charge in [-0.1, -0.05) is 38.0 Å². The minimum atomic E-state index is 0.864. The van der Waals surface area contributed by atoms with Gasteiger partial charge in [0.05, 0.1) is 6.26 Å². The summed E-state index contributed by atoms with van der Waals surface area (Å²) < 4.78 is 5.55. The molecule has 1 saturated carbocycles. The van der Waals surface area contributed by atoms with Crippen LogP contribution in [0.3, 0.4) is 0 Å². The highest BCUT2D eigenvalue weighted by Gasteiger charge is 2.22. The van der Waals surface area contributed by atoms with E-state index in [9.17, 15) is 0 Å². The molecule has 0 radical (unpaired) electrons. The van der Waals surface area contributed by atoms with E-state index in [0.29, 0.717) is 0 Å². The van der Waals surface area contributed by atoms with Crippen LogP contribution in [0.4, 0.5) is 0 Å². The molecule has 1 heterocycles. The van der Waals surface area contributed by atoms with E-state index in [4.69, 9.17) is 4.42 Å². The second-order valence-electron chi connectivity index (χ2n) is 5.56. The number of nitrogens with one attached hydrogen (secondary N) is 1. The third-order valence-electron chi connectivity index (χ3n) is 4.32. The van der Waals surface area contributed by atoms with Crippen molar-refractivity contribution >= 4 is 11.0 Å². The van der Waals surface area contributed by atoms with Gasteiger partial charge in [-0.2, -0.15) is 0 Å². The summed E-state index contributed by atoms with van der Waals surface area (Å²) in [6.07, 6.45) is 6.08. The van der Waals surface area contributed by atoms with Crippen molar-refractivity contribution in [2.75, 3.05) is 6.54 Å². The molecular formula is C16H21NO. The molecule has 1 aromatic heterocycles. The summed E-state index contributed by atoms with van der Waals surface area (Å²) in [5, 5.41) is 4.83. The van der Waals surface area contributed by atoms with E-state index in [2.05, 4.69) is 24.4 Å². The van der Waals surface area contributed by atoms with Gasteiger partial charge in [0.25, 0.3) is 0 Å². The average molecular weight is 243 g/mol. The fourth-order valence-electron chi connectivity index (χ4n) is 3.09. The molecule has 0 bridgehead atoms. The molecule has 0 saturated heterocycles. The van der Waals surface area contributed by atoms with Crippen LogP contribution < -0.4 is 5.32 Å². The number of rotatable bonds is 4. The molecule has 2 atom stereocenters. The molecular weight excluding hydrogens is 222 g/mol. The van der Waals surface area contributed by atoms with Crippen LogP contribution in [0.15, 0.2) is 34.9 Å². The summed E-state index contributed by atoms with van der Waals surface area (Å²) >= 11 is 0. The summed E-state index contributed by atoms with van der Waals surface area (Å²) in [7, 11) is 0. The van der Waals surface area contributed by atoms with Crippen molar-refractivity contribution in [3.8, 4) is 0 Å². The van der Waals surface area contributed by atoms with Crippen LogP contribution in [0.2, 0.25) is 0 Å². The SMILES string of the molecule is CC1CCCC1CNCc1coc2ccccc12. The average Bonchev–Trinajstić information content (AvgIpc) is 2.97. The Labute approximate surface area is 108 Å². The Hall–Kier alpha value is -1.28. The lowest BCUT2D eigenvalue weighted by Crippen LogP contribution is -2.23. The number of benzene rings is 1. The van der Waals surface area contributed by atoms with Crippen molar-refractivity contribution in [3.63, 3.8) is 0 Å². The minimum absolute atomic E-state index is 0.864. The van der Waals surface area contributed by atoms with Gasteiger partial charge in [-0.05, 0) is 30.9 Å². The van der Waals surface area contributed by atoms with Crippen LogP contribution in [0.1, 0.15) is 31.7 Å². The Balaban J connectivity index is 1.60. The van der Waals surface area contributed by atoms with Gasteiger partial charge >= 0.3 is 0 Å². The van der Waals surface area contributed by atoms with Gasteiger partial charge in [-0.3, -0.25) is 0 Å². The van der Waals surface area contributed by atoms with Crippen LogP contribution >= 0.6 is 0 Å². The first-order chi connectivity index (χ1) is 8.84. The molecule has 2 nitrogen and oxygen atoms in total. The monoisotopic (exact) mass is 243 g/mol. The summed E-state index contributed by atoms with van der Waals surface area (Å²) in [6, 6.07) is 8.25. The Bertz CT molecular complexity index is 517. The maximum atomic E-state index is 5.55. The van der Waals surface area contributed by atoms with E-state index >= 15 is 0 Å². The summed E-state index contributed by atoms with van der Waals surface area (Å²) in [6.45, 7) is 4.44. The fraction of sp³-hybridized carbons (Fsp3) is 0.500. The van der Waals surface area contributed by atoms with E-state index in [1.807, 2.05) is 18.4 Å². The lowest BCUT2D eigenvalue weighted by atomic mass is 9.98. The van der Waals surface area contributed by atoms with Crippen molar-refractivity contribution in [1.82, 2.24) is 5.32 Å². The first kappa shape index (κ1) is 11.8. The minimum Gasteiger partial charge on any atom is -0.464 e. The van der Waals surface area contributed by atoms with Gasteiger partial charge in [0.15, 0.2) is 0 Å². The molecule has 3 rings (SSSR count). The Morgan fingerprint density at radius 1 is 1.28 bits per heavy atom. The van der Waals surface area contributed by atoms with Gasteiger partial charge < -0.3 is 9.73 Å². The molecule has 1 N–H and O–H groups in total. The largest absolute Gasteiger partial charge is 0.464 e. The van der Waals surface area contributed by atoms with Gasteiger partial charge in [-0.15, -0.1) is 0 Å². The molecule has 1 aromatic carbocycles. The predicted molar refractivity (Wildman–Crippen MR) is 74.4 cm³/mol. The third-order valence-corrected chi connectivity index (χ3v) is 4.32. The van der Waals surface area contributed by atoms with Gasteiger partial charge in [0, 0.05) is 17.5 Å². The lowest BCUT2D eigenvalue weighted by Gasteiger charge is -2.15. The highest BCUT2D eigenvalue weighted by Crippen LogP contribution is 2.30. The molecule has 2 heteroatoms. The van der Waals surface area contributed by atoms with E-state index < -0.39 is 0 Å². The topological polar surface area (TPSA) is 25.2 Å². The van der Waals surface area contributed by atoms with Crippen LogP contribution in [0.5, 0.6) is 0 Å². The lowest BCUT2D eigenvalue weighted by molar-refractivity contribution is 0.392. The number of furan rings is 1. The molecule has 18 heavy (non-hydrogen) atoms. The predicted octanol–water partition coefficient (Wildman–Crippen LogP) is 3.96. The highest BCUT2D eigenvalue weighted by molar-refractivity contribution is 5.80. The molecule has 96 valence electrons. The number of hydrogen-bond acceptors (Lipinski definition) is 2. The summed E-state index contributed by atoms with van der Waals surface area (Å²) in [4.78, 5) is 0. The first-order valence-electron chi connectivity index (χ1n) is 7.00. The van der Waals surface area contributed by atoms with E-state index in [-0.39, 0.29) is 0 Å². The van der Waals surface area contributed by atoms with Crippen molar-refractivity contribution in [3.05, 3.63) is 36.1 Å².